The topological polar surface area (TPSA) is 83.0 Å². The summed E-state index contributed by atoms with van der Waals surface area (Å²) in [6.45, 7) is 5.02. The second-order valence-electron chi connectivity index (χ2n) is 9.75. The second kappa shape index (κ2) is 12.0. The molecule has 0 unspecified atom stereocenters. The van der Waals surface area contributed by atoms with E-state index in [1.54, 1.807) is 31.3 Å². The van der Waals surface area contributed by atoms with E-state index in [2.05, 4.69) is 9.88 Å². The van der Waals surface area contributed by atoms with E-state index in [1.807, 2.05) is 74.8 Å². The Kier molecular flexibility index (Phi) is 8.76. The molecule has 1 aliphatic heterocycles. The molecule has 1 aromatic heterocycles. The zero-order valence-electron chi connectivity index (χ0n) is 21.6. The number of fused-ring (bicyclic) bond motifs is 1. The maximum absolute atomic E-state index is 13.7. The molecule has 37 heavy (non-hydrogen) atoms. The fraction of sp³-hybridized carbons (Fsp3) is 0.345. The molecule has 0 saturated heterocycles. The number of rotatable bonds is 8. The van der Waals surface area contributed by atoms with Crippen molar-refractivity contribution in [2.24, 2.45) is 5.92 Å². The Morgan fingerprint density at radius 2 is 1.89 bits per heavy atom. The van der Waals surface area contributed by atoms with Gasteiger partial charge in [-0.15, -0.1) is 0 Å². The lowest BCUT2D eigenvalue weighted by Crippen LogP contribution is -2.49. The molecule has 0 fully saturated rings. The molecule has 3 aromatic rings. The van der Waals surface area contributed by atoms with Crippen LogP contribution in [0.15, 0.2) is 78.0 Å². The highest BCUT2D eigenvalue weighted by molar-refractivity contribution is 7.89. The number of aliphatic hydroxyl groups excluding tert-OH is 1. The molecule has 0 radical (unpaired) electrons. The van der Waals surface area contributed by atoms with Crippen LogP contribution in [0.1, 0.15) is 30.5 Å². The van der Waals surface area contributed by atoms with Gasteiger partial charge in [-0.3, -0.25) is 9.88 Å². The van der Waals surface area contributed by atoms with Gasteiger partial charge < -0.3 is 9.84 Å². The monoisotopic (exact) mass is 521 g/mol. The fourth-order valence-electron chi connectivity index (χ4n) is 4.50. The lowest BCUT2D eigenvalue weighted by atomic mass is 10.0. The molecule has 7 nitrogen and oxygen atoms in total. The van der Waals surface area contributed by atoms with Gasteiger partial charge in [-0.1, -0.05) is 61.5 Å². The number of likely N-dealkylation sites (N-methyl/N-ethyl adjacent to an activating group) is 1. The predicted octanol–water partition coefficient (Wildman–Crippen LogP) is 4.15. The van der Waals surface area contributed by atoms with Gasteiger partial charge in [-0.25, -0.2) is 8.42 Å². The van der Waals surface area contributed by atoms with Crippen LogP contribution < -0.4 is 4.74 Å². The van der Waals surface area contributed by atoms with Crippen molar-refractivity contribution in [1.29, 1.82) is 0 Å². The van der Waals surface area contributed by atoms with Gasteiger partial charge in [0.2, 0.25) is 10.0 Å². The molecule has 0 aliphatic carbocycles. The molecule has 0 amide bonds. The van der Waals surface area contributed by atoms with Crippen molar-refractivity contribution in [3.8, 4) is 5.75 Å². The van der Waals surface area contributed by atoms with Crippen LogP contribution in [0.3, 0.4) is 0 Å². The first kappa shape index (κ1) is 27.0. The Hall–Kier alpha value is -3.04. The van der Waals surface area contributed by atoms with Crippen molar-refractivity contribution in [2.75, 3.05) is 26.7 Å². The highest BCUT2D eigenvalue weighted by Crippen LogP contribution is 2.34. The van der Waals surface area contributed by atoms with E-state index in [0.29, 0.717) is 18.8 Å². The van der Waals surface area contributed by atoms with Crippen LogP contribution in [0, 0.1) is 5.92 Å². The summed E-state index contributed by atoms with van der Waals surface area (Å²) in [5.41, 5.74) is 2.99. The van der Waals surface area contributed by atoms with Crippen LogP contribution in [0.5, 0.6) is 5.75 Å². The van der Waals surface area contributed by atoms with Crippen LogP contribution in [-0.4, -0.2) is 66.6 Å². The number of hydrogen-bond donors (Lipinski definition) is 1. The molecule has 196 valence electrons. The van der Waals surface area contributed by atoms with Crippen LogP contribution in [-0.2, 0) is 16.6 Å². The molecule has 4 rings (SSSR count). The largest absolute Gasteiger partial charge is 0.487 e. The van der Waals surface area contributed by atoms with E-state index >= 15 is 0 Å². The zero-order chi connectivity index (χ0) is 26.4. The lowest BCUT2D eigenvalue weighted by Gasteiger charge is -2.37. The quantitative estimate of drug-likeness (QED) is 0.449. The smallest absolute Gasteiger partial charge is 0.247 e. The van der Waals surface area contributed by atoms with Gasteiger partial charge in [0.1, 0.15) is 16.7 Å². The number of aromatic nitrogens is 1. The van der Waals surface area contributed by atoms with Crippen molar-refractivity contribution >= 4 is 22.2 Å². The standard InChI is InChI=1S/C29H35N3O4S/c1-22-18-32(23(2)21-33)37(34,35)29-14-13-25(12-11-24-8-5-4-6-9-24)16-27(29)36-28(22)20-31(3)19-26-10-7-15-30-17-26/h4-17,22-23,28,33H,18-21H2,1-3H3/b12-11+/t22-,23-,28-/m0/s1. The normalized spacial score (nSPS) is 20.7. The second-order valence-corrected chi connectivity index (χ2v) is 11.6. The van der Waals surface area contributed by atoms with Gasteiger partial charge in [-0.2, -0.15) is 4.31 Å². The predicted molar refractivity (Wildman–Crippen MR) is 146 cm³/mol. The van der Waals surface area contributed by atoms with Gasteiger partial charge in [-0.05, 0) is 48.9 Å². The summed E-state index contributed by atoms with van der Waals surface area (Å²) in [6.07, 6.45) is 7.27. The number of ether oxygens (including phenoxy) is 1. The molecule has 3 atom stereocenters. The Labute approximate surface area is 220 Å². The molecule has 2 aromatic carbocycles. The summed E-state index contributed by atoms with van der Waals surface area (Å²) >= 11 is 0. The highest BCUT2D eigenvalue weighted by Gasteiger charge is 2.38. The van der Waals surface area contributed by atoms with Gasteiger partial charge >= 0.3 is 0 Å². The number of sulfonamides is 1. The number of pyridine rings is 1. The van der Waals surface area contributed by atoms with Gasteiger partial charge in [0.25, 0.3) is 0 Å². The first-order chi connectivity index (χ1) is 17.8. The number of hydrogen-bond acceptors (Lipinski definition) is 6. The fourth-order valence-corrected chi connectivity index (χ4v) is 6.32. The molecule has 0 saturated carbocycles. The molecule has 8 heteroatoms. The average Bonchev–Trinajstić information content (AvgIpc) is 2.90. The van der Waals surface area contributed by atoms with Crippen molar-refractivity contribution in [3.63, 3.8) is 0 Å². The van der Waals surface area contributed by atoms with E-state index < -0.39 is 16.1 Å². The molecular formula is C29H35N3O4S. The summed E-state index contributed by atoms with van der Waals surface area (Å²) in [6, 6.07) is 18.5. The van der Waals surface area contributed by atoms with Crippen LogP contribution in [0.2, 0.25) is 0 Å². The molecule has 1 aliphatic rings. The minimum Gasteiger partial charge on any atom is -0.487 e. The molecule has 0 spiro atoms. The van der Waals surface area contributed by atoms with Crippen LogP contribution in [0.4, 0.5) is 0 Å². The molecule has 2 heterocycles. The maximum Gasteiger partial charge on any atom is 0.247 e. The number of aliphatic hydroxyl groups is 1. The van der Waals surface area contributed by atoms with E-state index in [4.69, 9.17) is 4.74 Å². The molecule has 0 bridgehead atoms. The van der Waals surface area contributed by atoms with Crippen LogP contribution in [0.25, 0.3) is 12.2 Å². The summed E-state index contributed by atoms with van der Waals surface area (Å²) in [4.78, 5) is 6.48. The summed E-state index contributed by atoms with van der Waals surface area (Å²) < 4.78 is 35.3. The van der Waals surface area contributed by atoms with E-state index in [-0.39, 0.29) is 30.1 Å². The van der Waals surface area contributed by atoms with E-state index in [9.17, 15) is 13.5 Å². The van der Waals surface area contributed by atoms with E-state index in [1.165, 1.54) is 4.31 Å². The summed E-state index contributed by atoms with van der Waals surface area (Å²) in [5, 5.41) is 9.85. The van der Waals surface area contributed by atoms with Gasteiger partial charge in [0.15, 0.2) is 0 Å². The first-order valence-electron chi connectivity index (χ1n) is 12.5. The minimum absolute atomic E-state index is 0.114. The number of nitrogens with zero attached hydrogens (tertiary/aromatic N) is 3. The Morgan fingerprint density at radius 1 is 1.14 bits per heavy atom. The lowest BCUT2D eigenvalue weighted by molar-refractivity contribution is 0.0733. The highest BCUT2D eigenvalue weighted by atomic mass is 32.2. The Morgan fingerprint density at radius 3 is 2.59 bits per heavy atom. The Bertz CT molecular complexity index is 1300. The zero-order valence-corrected chi connectivity index (χ0v) is 22.4. The summed E-state index contributed by atoms with van der Waals surface area (Å²) in [7, 11) is -1.85. The van der Waals surface area contributed by atoms with Crippen molar-refractivity contribution < 1.29 is 18.3 Å². The van der Waals surface area contributed by atoms with Crippen molar-refractivity contribution in [1.82, 2.24) is 14.2 Å². The third kappa shape index (κ3) is 6.64. The average molecular weight is 522 g/mol. The SMILES string of the molecule is C[C@H]1CN([C@@H](C)CO)S(=O)(=O)c2ccc(/C=C/c3ccccc3)cc2O[C@H]1CN(C)Cc1cccnc1. The molecule has 1 N–H and O–H groups in total. The third-order valence-electron chi connectivity index (χ3n) is 6.63. The first-order valence-corrected chi connectivity index (χ1v) is 14.0. The van der Waals surface area contributed by atoms with E-state index in [0.717, 1.165) is 16.7 Å². The van der Waals surface area contributed by atoms with Crippen molar-refractivity contribution in [2.45, 2.75) is 37.4 Å². The maximum atomic E-state index is 13.7. The van der Waals surface area contributed by atoms with Gasteiger partial charge in [0, 0.05) is 44.0 Å². The summed E-state index contributed by atoms with van der Waals surface area (Å²) in [5.74, 6) is 0.216. The Balaban J connectivity index is 1.68. The van der Waals surface area contributed by atoms with Crippen molar-refractivity contribution in [3.05, 3.63) is 89.7 Å². The van der Waals surface area contributed by atoms with Gasteiger partial charge in [0.05, 0.1) is 6.61 Å². The molecular weight excluding hydrogens is 486 g/mol. The van der Waals surface area contributed by atoms with Crippen LogP contribution >= 0.6 is 0 Å². The third-order valence-corrected chi connectivity index (χ3v) is 8.65. The minimum atomic E-state index is -3.87. The number of benzene rings is 2.